The van der Waals surface area contributed by atoms with Crippen LogP contribution in [0.2, 0.25) is 0 Å². The molecule has 6 heteroatoms. The van der Waals surface area contributed by atoms with Crippen molar-refractivity contribution in [3.63, 3.8) is 0 Å². The second-order valence-corrected chi connectivity index (χ2v) is 7.24. The highest BCUT2D eigenvalue weighted by Gasteiger charge is 2.14. The fourth-order valence-corrected chi connectivity index (χ4v) is 3.29. The van der Waals surface area contributed by atoms with Crippen LogP contribution in [0.1, 0.15) is 25.7 Å². The molecule has 1 saturated heterocycles. The van der Waals surface area contributed by atoms with E-state index in [1.807, 2.05) is 30.3 Å². The second kappa shape index (κ2) is 8.36. The molecule has 118 valence electrons. The number of piperidine rings is 1. The third kappa shape index (κ3) is 6.46. The van der Waals surface area contributed by atoms with Crippen LogP contribution in [0.4, 0.5) is 0 Å². The smallest absolute Gasteiger partial charge is 0.214 e. The summed E-state index contributed by atoms with van der Waals surface area (Å²) in [7, 11) is -3.26. The van der Waals surface area contributed by atoms with Crippen molar-refractivity contribution in [3.8, 4) is 5.75 Å². The van der Waals surface area contributed by atoms with Crippen LogP contribution in [0.5, 0.6) is 5.75 Å². The Morgan fingerprint density at radius 3 is 2.76 bits per heavy atom. The summed E-state index contributed by atoms with van der Waals surface area (Å²) in [5.74, 6) is 0.680. The summed E-state index contributed by atoms with van der Waals surface area (Å²) in [6.07, 6.45) is 4.44. The minimum absolute atomic E-state index is 0.0139. The van der Waals surface area contributed by atoms with Gasteiger partial charge in [-0.3, -0.25) is 0 Å². The minimum atomic E-state index is -3.26. The third-order valence-corrected chi connectivity index (χ3v) is 4.94. The Balaban J connectivity index is 1.62. The Bertz CT molecular complexity index is 499. The maximum atomic E-state index is 11.9. The average molecular weight is 312 g/mol. The summed E-state index contributed by atoms with van der Waals surface area (Å²) in [6, 6.07) is 9.69. The third-order valence-electron chi connectivity index (χ3n) is 3.59. The SMILES string of the molecule is O=S(=O)(CCOc1ccccc1)NCC[C@@H]1CCCCN1. The first kappa shape index (κ1) is 16.3. The van der Waals surface area contributed by atoms with Crippen molar-refractivity contribution >= 4 is 10.0 Å². The lowest BCUT2D eigenvalue weighted by Crippen LogP contribution is -2.38. The van der Waals surface area contributed by atoms with Crippen LogP contribution in [0, 0.1) is 0 Å². The number of hydrogen-bond acceptors (Lipinski definition) is 4. The van der Waals surface area contributed by atoms with Gasteiger partial charge in [-0.05, 0) is 37.9 Å². The summed E-state index contributed by atoms with van der Waals surface area (Å²) in [5.41, 5.74) is 0. The topological polar surface area (TPSA) is 67.4 Å². The summed E-state index contributed by atoms with van der Waals surface area (Å²) >= 11 is 0. The molecule has 21 heavy (non-hydrogen) atoms. The minimum Gasteiger partial charge on any atom is -0.492 e. The first-order valence-electron chi connectivity index (χ1n) is 7.54. The molecule has 1 fully saturated rings. The molecular formula is C15H24N2O3S. The van der Waals surface area contributed by atoms with Crippen LogP contribution in [0.3, 0.4) is 0 Å². The highest BCUT2D eigenvalue weighted by molar-refractivity contribution is 7.89. The zero-order valence-corrected chi connectivity index (χ0v) is 13.1. The van der Waals surface area contributed by atoms with E-state index in [-0.39, 0.29) is 12.4 Å². The second-order valence-electron chi connectivity index (χ2n) is 5.31. The number of nitrogens with one attached hydrogen (secondary N) is 2. The average Bonchev–Trinajstić information content (AvgIpc) is 2.49. The van der Waals surface area contributed by atoms with Crippen LogP contribution in [-0.2, 0) is 10.0 Å². The lowest BCUT2D eigenvalue weighted by molar-refractivity contribution is 0.340. The molecule has 0 spiro atoms. The molecule has 0 radical (unpaired) electrons. The number of ether oxygens (including phenoxy) is 1. The molecule has 1 heterocycles. The van der Waals surface area contributed by atoms with Gasteiger partial charge in [0.2, 0.25) is 10.0 Å². The van der Waals surface area contributed by atoms with Crippen molar-refractivity contribution in [3.05, 3.63) is 30.3 Å². The van der Waals surface area contributed by atoms with Gasteiger partial charge < -0.3 is 10.1 Å². The number of hydrogen-bond donors (Lipinski definition) is 2. The van der Waals surface area contributed by atoms with Gasteiger partial charge in [0.15, 0.2) is 0 Å². The molecule has 0 aromatic heterocycles. The molecule has 1 aliphatic heterocycles. The van der Waals surface area contributed by atoms with E-state index in [9.17, 15) is 8.42 Å². The number of benzene rings is 1. The molecule has 0 unspecified atom stereocenters. The van der Waals surface area contributed by atoms with E-state index in [4.69, 9.17) is 4.74 Å². The summed E-state index contributed by atoms with van der Waals surface area (Å²) in [5, 5.41) is 3.41. The molecule has 0 bridgehead atoms. The fourth-order valence-electron chi connectivity index (χ4n) is 2.42. The molecule has 1 aromatic carbocycles. The first-order chi connectivity index (χ1) is 10.2. The number of sulfonamides is 1. The first-order valence-corrected chi connectivity index (χ1v) is 9.19. The predicted molar refractivity (Wildman–Crippen MR) is 84.0 cm³/mol. The van der Waals surface area contributed by atoms with E-state index in [1.165, 1.54) is 12.8 Å². The van der Waals surface area contributed by atoms with E-state index < -0.39 is 10.0 Å². The molecule has 2 N–H and O–H groups in total. The molecule has 0 amide bonds. The summed E-state index contributed by atoms with van der Waals surface area (Å²) in [4.78, 5) is 0. The molecular weight excluding hydrogens is 288 g/mol. The Morgan fingerprint density at radius 2 is 2.05 bits per heavy atom. The largest absolute Gasteiger partial charge is 0.492 e. The highest BCUT2D eigenvalue weighted by atomic mass is 32.2. The maximum absolute atomic E-state index is 11.9. The molecule has 2 rings (SSSR count). The van der Waals surface area contributed by atoms with Gasteiger partial charge in [0.1, 0.15) is 12.4 Å². The number of para-hydroxylation sites is 1. The van der Waals surface area contributed by atoms with Crippen molar-refractivity contribution in [2.24, 2.45) is 0 Å². The maximum Gasteiger partial charge on any atom is 0.214 e. The lowest BCUT2D eigenvalue weighted by Gasteiger charge is -2.23. The van der Waals surface area contributed by atoms with Crippen molar-refractivity contribution in [2.75, 3.05) is 25.4 Å². The van der Waals surface area contributed by atoms with Gasteiger partial charge in [0, 0.05) is 12.6 Å². The van der Waals surface area contributed by atoms with Gasteiger partial charge >= 0.3 is 0 Å². The normalized spacial score (nSPS) is 19.3. The molecule has 5 nitrogen and oxygen atoms in total. The van der Waals surface area contributed by atoms with Crippen LogP contribution < -0.4 is 14.8 Å². The Kier molecular flexibility index (Phi) is 6.48. The van der Waals surface area contributed by atoms with Crippen molar-refractivity contribution < 1.29 is 13.2 Å². The van der Waals surface area contributed by atoms with Crippen molar-refractivity contribution in [1.29, 1.82) is 0 Å². The zero-order chi connectivity index (χ0) is 15.0. The molecule has 0 aliphatic carbocycles. The molecule has 1 aliphatic rings. The fraction of sp³-hybridized carbons (Fsp3) is 0.600. The quantitative estimate of drug-likeness (QED) is 0.764. The number of rotatable bonds is 8. The van der Waals surface area contributed by atoms with Crippen LogP contribution in [0.25, 0.3) is 0 Å². The zero-order valence-electron chi connectivity index (χ0n) is 12.3. The molecule has 0 saturated carbocycles. The monoisotopic (exact) mass is 312 g/mol. The van der Waals surface area contributed by atoms with Gasteiger partial charge in [0.05, 0.1) is 5.75 Å². The van der Waals surface area contributed by atoms with Crippen molar-refractivity contribution in [2.45, 2.75) is 31.7 Å². The predicted octanol–water partition coefficient (Wildman–Crippen LogP) is 1.52. The van der Waals surface area contributed by atoms with Crippen LogP contribution in [-0.4, -0.2) is 39.9 Å². The Morgan fingerprint density at radius 1 is 1.24 bits per heavy atom. The highest BCUT2D eigenvalue weighted by Crippen LogP contribution is 2.10. The molecule has 1 atom stereocenters. The van der Waals surface area contributed by atoms with Gasteiger partial charge in [-0.1, -0.05) is 24.6 Å². The van der Waals surface area contributed by atoms with Crippen LogP contribution in [0.15, 0.2) is 30.3 Å². The van der Waals surface area contributed by atoms with E-state index in [0.717, 1.165) is 19.4 Å². The van der Waals surface area contributed by atoms with Gasteiger partial charge in [0.25, 0.3) is 0 Å². The summed E-state index contributed by atoms with van der Waals surface area (Å²) in [6.45, 7) is 1.70. The lowest BCUT2D eigenvalue weighted by atomic mass is 10.0. The van der Waals surface area contributed by atoms with E-state index in [2.05, 4.69) is 10.0 Å². The van der Waals surface area contributed by atoms with Crippen LogP contribution >= 0.6 is 0 Å². The van der Waals surface area contributed by atoms with E-state index in [1.54, 1.807) is 0 Å². The Labute approximate surface area is 127 Å². The van der Waals surface area contributed by atoms with E-state index in [0.29, 0.717) is 18.3 Å². The van der Waals surface area contributed by atoms with E-state index >= 15 is 0 Å². The van der Waals surface area contributed by atoms with Gasteiger partial charge in [-0.25, -0.2) is 13.1 Å². The van der Waals surface area contributed by atoms with Gasteiger partial charge in [-0.2, -0.15) is 0 Å². The Hall–Kier alpha value is -1.11. The molecule has 1 aromatic rings. The summed E-state index contributed by atoms with van der Waals surface area (Å²) < 4.78 is 31.8. The van der Waals surface area contributed by atoms with Crippen molar-refractivity contribution in [1.82, 2.24) is 10.0 Å². The van der Waals surface area contributed by atoms with Gasteiger partial charge in [-0.15, -0.1) is 0 Å². The standard InChI is InChI=1S/C15H24N2O3S/c18-21(19,13-12-20-15-7-2-1-3-8-15)17-11-9-14-6-4-5-10-16-14/h1-3,7-8,14,16-17H,4-6,9-13H2/t14-/m0/s1.